The quantitative estimate of drug-likeness (QED) is 0.225. The van der Waals surface area contributed by atoms with Gasteiger partial charge in [-0.1, -0.05) is 121 Å². The van der Waals surface area contributed by atoms with E-state index in [1.165, 1.54) is 0 Å². The van der Waals surface area contributed by atoms with Crippen molar-refractivity contribution in [2.75, 3.05) is 10.2 Å². The van der Waals surface area contributed by atoms with E-state index in [4.69, 9.17) is 23.7 Å². The molecule has 0 fully saturated rings. The molecular formula is C37H23N5S. The van der Waals surface area contributed by atoms with Gasteiger partial charge in [0.2, 0.25) is 5.95 Å². The smallest absolute Gasteiger partial charge is 0.238 e. The highest BCUT2D eigenvalue weighted by molar-refractivity contribution is 8.00. The van der Waals surface area contributed by atoms with Crippen LogP contribution in [0.3, 0.4) is 0 Å². The van der Waals surface area contributed by atoms with E-state index in [1.54, 1.807) is 16.7 Å². The topological polar surface area (TPSA) is 53.9 Å². The van der Waals surface area contributed by atoms with Crippen molar-refractivity contribution in [1.29, 1.82) is 0 Å². The number of nitrogens with one attached hydrogen (secondary N) is 1. The summed E-state index contributed by atoms with van der Waals surface area (Å²) in [6.07, 6.45) is 0. The molecular weight excluding hydrogens is 547 g/mol. The minimum absolute atomic E-state index is 0.0582. The number of fused-ring (bicyclic) bond motifs is 2. The van der Waals surface area contributed by atoms with Crippen molar-refractivity contribution >= 4 is 51.2 Å². The average Bonchev–Trinajstić information content (AvgIpc) is 3.22. The van der Waals surface area contributed by atoms with Crippen molar-refractivity contribution < 1.29 is 13.7 Å². The molecule has 2 aliphatic rings. The van der Waals surface area contributed by atoms with Gasteiger partial charge in [0, 0.05) is 32.7 Å². The molecule has 7 aromatic rings. The lowest BCUT2D eigenvalue weighted by molar-refractivity contribution is 1.01. The Bertz CT molecular complexity index is 2630. The third kappa shape index (κ3) is 3.84. The highest BCUT2D eigenvalue weighted by Gasteiger charge is 2.32. The number of nitrogens with zero attached hydrogens (tertiary/aromatic N) is 4. The van der Waals surface area contributed by atoms with Crippen molar-refractivity contribution in [1.82, 2.24) is 15.0 Å². The Kier molecular flexibility index (Phi) is 3.61. The van der Waals surface area contributed by atoms with Crippen molar-refractivity contribution in [2.24, 2.45) is 0 Å². The summed E-state index contributed by atoms with van der Waals surface area (Å²) in [5.41, 5.74) is 4.34. The van der Waals surface area contributed by atoms with Crippen LogP contribution in [0.5, 0.6) is 0 Å². The Hall–Kier alpha value is -5.46. The molecule has 5 nitrogen and oxygen atoms in total. The first kappa shape index (κ1) is 16.2. The second-order valence-corrected chi connectivity index (χ2v) is 10.9. The van der Waals surface area contributed by atoms with Crippen molar-refractivity contribution in [3.05, 3.63) is 133 Å². The number of rotatable bonds is 3. The Balaban J connectivity index is 1.41. The molecule has 202 valence electrons. The first-order valence-electron chi connectivity index (χ1n) is 18.4. The molecule has 6 heteroatoms. The molecule has 2 aliphatic heterocycles. The molecule has 43 heavy (non-hydrogen) atoms. The fourth-order valence-electron chi connectivity index (χ4n) is 5.58. The van der Waals surface area contributed by atoms with E-state index >= 15 is 0 Å². The lowest BCUT2D eigenvalue weighted by atomic mass is 9.96. The molecule has 0 unspecified atom stereocenters. The van der Waals surface area contributed by atoms with E-state index < -0.39 is 60.4 Å². The first-order valence-corrected chi connectivity index (χ1v) is 14.2. The van der Waals surface area contributed by atoms with Crippen molar-refractivity contribution in [3.63, 3.8) is 0 Å². The number of hydrogen-bond donors (Lipinski definition) is 1. The summed E-state index contributed by atoms with van der Waals surface area (Å²) in [7, 11) is 0. The van der Waals surface area contributed by atoms with Crippen LogP contribution in [0.1, 0.15) is 13.7 Å². The molecule has 2 bridgehead atoms. The van der Waals surface area contributed by atoms with Crippen LogP contribution in [0, 0.1) is 0 Å². The van der Waals surface area contributed by atoms with Crippen LogP contribution < -0.4 is 10.2 Å². The molecule has 0 aliphatic carbocycles. The van der Waals surface area contributed by atoms with Crippen molar-refractivity contribution in [3.8, 4) is 33.9 Å². The molecule has 0 amide bonds. The zero-order valence-electron chi connectivity index (χ0n) is 32.1. The van der Waals surface area contributed by atoms with E-state index in [0.29, 0.717) is 11.4 Å². The lowest BCUT2D eigenvalue weighted by Gasteiger charge is -2.33. The first-order chi connectivity index (χ1) is 25.5. The second-order valence-electron chi connectivity index (χ2n) is 9.86. The minimum Gasteiger partial charge on any atom is -0.354 e. The Labute approximate surface area is 267 Å². The van der Waals surface area contributed by atoms with Gasteiger partial charge in [-0.05, 0) is 35.2 Å². The molecule has 1 N–H and O–H groups in total. The molecule has 0 saturated heterocycles. The van der Waals surface area contributed by atoms with Crippen LogP contribution in [0.4, 0.5) is 28.7 Å². The Morgan fingerprint density at radius 2 is 1.23 bits per heavy atom. The predicted molar refractivity (Wildman–Crippen MR) is 176 cm³/mol. The largest absolute Gasteiger partial charge is 0.354 e. The average molecular weight is 580 g/mol. The fraction of sp³-hybridized carbons (Fsp3) is 0. The highest BCUT2D eigenvalue weighted by atomic mass is 32.2. The van der Waals surface area contributed by atoms with Crippen LogP contribution in [0.25, 0.3) is 44.7 Å². The number of anilines is 5. The molecule has 0 atom stereocenters. The molecule has 0 radical (unpaired) electrons. The monoisotopic (exact) mass is 579 g/mol. The molecule has 9 rings (SSSR count). The minimum atomic E-state index is -0.606. The summed E-state index contributed by atoms with van der Waals surface area (Å²) in [5, 5.41) is 5.59. The van der Waals surface area contributed by atoms with Crippen LogP contribution in [-0.2, 0) is 0 Å². The number of aromatic nitrogens is 3. The summed E-state index contributed by atoms with van der Waals surface area (Å²) in [5.74, 6) is -0.720. The predicted octanol–water partition coefficient (Wildman–Crippen LogP) is 10.0. The SMILES string of the molecule is [2H]c1c([2H])c([2H])c(-c2nc(-c3c([2H])c([2H])c([2H])c([2H])c3[2H])nc(N3c4cccc5c4Sc4c3ccc3cccc(c43)-c3ccccc3N5)n2)c([2H])c1[2H]. The van der Waals surface area contributed by atoms with E-state index in [0.717, 1.165) is 43.1 Å². The maximum atomic E-state index is 8.76. The normalized spacial score (nSPS) is 16.0. The lowest BCUT2D eigenvalue weighted by Crippen LogP contribution is -2.19. The van der Waals surface area contributed by atoms with Crippen LogP contribution >= 0.6 is 11.8 Å². The van der Waals surface area contributed by atoms with Crippen LogP contribution in [0.2, 0.25) is 0 Å². The van der Waals surface area contributed by atoms with Gasteiger partial charge in [0.15, 0.2) is 11.6 Å². The molecule has 0 saturated carbocycles. The standard InChI is InChI=1S/C37H23N5S/c1-3-11-24(12-4-1)35-39-36(25-13-5-2-6-14-25)41-37(40-35)42-30-20-10-19-29-33(30)43-34-31(42)22-21-23-15-9-17-27(32(23)34)26-16-7-8-18-28(26)38-29/h1-22,38H/i1D,2D,3D,4D,5D,6D,11D,12D,13D,14D. The number of para-hydroxylation sites is 1. The van der Waals surface area contributed by atoms with Gasteiger partial charge in [-0.15, -0.1) is 0 Å². The van der Waals surface area contributed by atoms with Gasteiger partial charge < -0.3 is 5.32 Å². The summed E-state index contributed by atoms with van der Waals surface area (Å²) < 4.78 is 84.8. The second kappa shape index (κ2) is 9.54. The third-order valence-corrected chi connectivity index (χ3v) is 8.67. The van der Waals surface area contributed by atoms with E-state index in [-0.39, 0.29) is 28.7 Å². The zero-order chi connectivity index (χ0) is 37.0. The van der Waals surface area contributed by atoms with E-state index in [2.05, 4.69) is 22.4 Å². The Morgan fingerprint density at radius 1 is 0.581 bits per heavy atom. The summed E-state index contributed by atoms with van der Waals surface area (Å²) in [4.78, 5) is 17.5. The third-order valence-electron chi connectivity index (χ3n) is 7.41. The van der Waals surface area contributed by atoms with Gasteiger partial charge in [0.25, 0.3) is 0 Å². The highest BCUT2D eigenvalue weighted by Crippen LogP contribution is 2.58. The Morgan fingerprint density at radius 3 is 2.00 bits per heavy atom. The zero-order valence-corrected chi connectivity index (χ0v) is 22.9. The molecule has 3 heterocycles. The summed E-state index contributed by atoms with van der Waals surface area (Å²) in [6, 6.07) is 17.9. The number of benzene rings is 6. The molecule has 0 spiro atoms. The van der Waals surface area contributed by atoms with Crippen LogP contribution in [-0.4, -0.2) is 15.0 Å². The number of hydrogen-bond acceptors (Lipinski definition) is 6. The van der Waals surface area contributed by atoms with Gasteiger partial charge in [0.1, 0.15) is 0 Å². The van der Waals surface area contributed by atoms with Gasteiger partial charge in [-0.3, -0.25) is 4.90 Å². The maximum absolute atomic E-state index is 8.76. The summed E-state index contributed by atoms with van der Waals surface area (Å²) in [6.45, 7) is 0. The van der Waals surface area contributed by atoms with Crippen molar-refractivity contribution in [2.45, 2.75) is 9.79 Å². The van der Waals surface area contributed by atoms with E-state index in [9.17, 15) is 0 Å². The molecule has 6 aromatic carbocycles. The van der Waals surface area contributed by atoms with Gasteiger partial charge in [-0.25, -0.2) is 4.98 Å². The maximum Gasteiger partial charge on any atom is 0.238 e. The van der Waals surface area contributed by atoms with Gasteiger partial charge >= 0.3 is 0 Å². The fourth-order valence-corrected chi connectivity index (χ4v) is 6.87. The molecule has 1 aromatic heterocycles. The van der Waals surface area contributed by atoms with E-state index in [1.807, 2.05) is 60.7 Å². The van der Waals surface area contributed by atoms with Gasteiger partial charge in [0.05, 0.1) is 35.7 Å². The van der Waals surface area contributed by atoms with Crippen LogP contribution in [0.15, 0.2) is 143 Å². The summed E-state index contributed by atoms with van der Waals surface area (Å²) >= 11 is 1.57. The van der Waals surface area contributed by atoms with Gasteiger partial charge in [-0.2, -0.15) is 9.97 Å².